The lowest BCUT2D eigenvalue weighted by molar-refractivity contribution is -0.125. The molecule has 1 N–H and O–H groups in total. The predicted molar refractivity (Wildman–Crippen MR) is 115 cm³/mol. The molecule has 0 radical (unpaired) electrons. The topological polar surface area (TPSA) is 59.4 Å². The van der Waals surface area contributed by atoms with Crippen molar-refractivity contribution in [2.75, 3.05) is 25.1 Å². The first kappa shape index (κ1) is 19.3. The van der Waals surface area contributed by atoms with Gasteiger partial charge in [0.25, 0.3) is 0 Å². The van der Waals surface area contributed by atoms with Gasteiger partial charge in [-0.05, 0) is 49.6 Å². The Bertz CT molecular complexity index is 989. The zero-order valence-electron chi connectivity index (χ0n) is 17.1. The number of hydrogen-bond donors (Lipinski definition) is 1. The summed E-state index contributed by atoms with van der Waals surface area (Å²) in [5.74, 6) is 2.01. The molecule has 2 heterocycles. The van der Waals surface area contributed by atoms with Gasteiger partial charge in [0.05, 0.1) is 18.1 Å². The van der Waals surface area contributed by atoms with E-state index in [4.69, 9.17) is 9.72 Å². The van der Waals surface area contributed by atoms with Crippen LogP contribution in [0.5, 0.6) is 5.75 Å². The molecule has 152 valence electrons. The molecule has 1 aliphatic rings. The van der Waals surface area contributed by atoms with E-state index in [2.05, 4.69) is 39.9 Å². The van der Waals surface area contributed by atoms with E-state index in [1.165, 1.54) is 5.52 Å². The van der Waals surface area contributed by atoms with Gasteiger partial charge in [-0.3, -0.25) is 4.79 Å². The Balaban J connectivity index is 1.36. The van der Waals surface area contributed by atoms with Crippen LogP contribution in [0.4, 0.5) is 5.95 Å². The monoisotopic (exact) mass is 392 g/mol. The van der Waals surface area contributed by atoms with Gasteiger partial charge in [-0.1, -0.05) is 24.3 Å². The van der Waals surface area contributed by atoms with E-state index in [-0.39, 0.29) is 11.8 Å². The van der Waals surface area contributed by atoms with Gasteiger partial charge in [-0.15, -0.1) is 0 Å². The summed E-state index contributed by atoms with van der Waals surface area (Å²) >= 11 is 0. The summed E-state index contributed by atoms with van der Waals surface area (Å²) < 4.78 is 7.51. The summed E-state index contributed by atoms with van der Waals surface area (Å²) in [6, 6.07) is 16.1. The number of methoxy groups -OCH3 is 1. The van der Waals surface area contributed by atoms with Gasteiger partial charge >= 0.3 is 0 Å². The highest BCUT2D eigenvalue weighted by Crippen LogP contribution is 2.27. The van der Waals surface area contributed by atoms with E-state index in [1.54, 1.807) is 7.11 Å². The van der Waals surface area contributed by atoms with Crippen LogP contribution < -0.4 is 15.0 Å². The van der Waals surface area contributed by atoms with Crippen LogP contribution in [-0.2, 0) is 17.9 Å². The number of imidazole rings is 1. The number of hydrogen-bond acceptors (Lipinski definition) is 4. The lowest BCUT2D eigenvalue weighted by Gasteiger charge is -2.32. The molecule has 6 nitrogen and oxygen atoms in total. The number of aryl methyl sites for hydroxylation is 1. The minimum atomic E-state index is 0.0521. The number of ether oxygens (including phenoxy) is 1. The van der Waals surface area contributed by atoms with E-state index < -0.39 is 0 Å². The second kappa shape index (κ2) is 8.55. The zero-order chi connectivity index (χ0) is 20.2. The highest BCUT2D eigenvalue weighted by atomic mass is 16.5. The molecular weight excluding hydrogens is 364 g/mol. The number of piperidine rings is 1. The Kier molecular flexibility index (Phi) is 5.69. The Morgan fingerprint density at radius 1 is 1.17 bits per heavy atom. The minimum absolute atomic E-state index is 0.0521. The number of anilines is 1. The molecule has 0 spiro atoms. The Morgan fingerprint density at radius 3 is 2.72 bits per heavy atom. The van der Waals surface area contributed by atoms with E-state index >= 15 is 0 Å². The normalized spacial score (nSPS) is 14.9. The second-order valence-electron chi connectivity index (χ2n) is 7.48. The van der Waals surface area contributed by atoms with Crippen molar-refractivity contribution < 1.29 is 9.53 Å². The van der Waals surface area contributed by atoms with Crippen molar-refractivity contribution in [3.05, 3.63) is 54.1 Å². The molecule has 1 aliphatic heterocycles. The van der Waals surface area contributed by atoms with Crippen molar-refractivity contribution in [1.82, 2.24) is 14.9 Å². The maximum absolute atomic E-state index is 12.7. The lowest BCUT2D eigenvalue weighted by atomic mass is 9.96. The van der Waals surface area contributed by atoms with Crippen LogP contribution in [0.1, 0.15) is 25.3 Å². The fourth-order valence-corrected chi connectivity index (χ4v) is 4.07. The molecule has 4 rings (SSSR count). The van der Waals surface area contributed by atoms with Crippen LogP contribution in [0.15, 0.2) is 48.5 Å². The fourth-order valence-electron chi connectivity index (χ4n) is 4.07. The predicted octanol–water partition coefficient (Wildman–Crippen LogP) is 3.60. The van der Waals surface area contributed by atoms with Crippen molar-refractivity contribution >= 4 is 22.9 Å². The van der Waals surface area contributed by atoms with Crippen molar-refractivity contribution in [1.29, 1.82) is 0 Å². The maximum Gasteiger partial charge on any atom is 0.223 e. The number of carbonyl (C=O) groups is 1. The molecule has 2 aromatic carbocycles. The number of para-hydroxylation sites is 2. The molecule has 1 amide bonds. The first-order valence-corrected chi connectivity index (χ1v) is 10.3. The van der Waals surface area contributed by atoms with Crippen molar-refractivity contribution in [2.24, 2.45) is 5.92 Å². The summed E-state index contributed by atoms with van der Waals surface area (Å²) in [7, 11) is 1.65. The number of carbonyl (C=O) groups excluding carboxylic acids is 1. The first-order valence-electron chi connectivity index (χ1n) is 10.3. The van der Waals surface area contributed by atoms with Gasteiger partial charge in [0, 0.05) is 32.1 Å². The van der Waals surface area contributed by atoms with Gasteiger partial charge in [-0.25, -0.2) is 4.98 Å². The molecule has 1 fully saturated rings. The molecule has 0 atom stereocenters. The highest BCUT2D eigenvalue weighted by molar-refractivity contribution is 5.80. The van der Waals surface area contributed by atoms with Crippen LogP contribution in [0, 0.1) is 5.92 Å². The van der Waals surface area contributed by atoms with E-state index in [9.17, 15) is 4.79 Å². The van der Waals surface area contributed by atoms with Gasteiger partial charge in [0.2, 0.25) is 11.9 Å². The number of rotatable bonds is 6. The van der Waals surface area contributed by atoms with Gasteiger partial charge in [-0.2, -0.15) is 0 Å². The molecule has 0 saturated carbocycles. The van der Waals surface area contributed by atoms with Crippen molar-refractivity contribution in [3.63, 3.8) is 0 Å². The average molecular weight is 393 g/mol. The third kappa shape index (κ3) is 4.06. The summed E-state index contributed by atoms with van der Waals surface area (Å²) in [6.07, 6.45) is 1.69. The van der Waals surface area contributed by atoms with E-state index in [1.807, 2.05) is 30.3 Å². The highest BCUT2D eigenvalue weighted by Gasteiger charge is 2.27. The van der Waals surface area contributed by atoms with Crippen LogP contribution in [-0.4, -0.2) is 35.7 Å². The number of aromatic nitrogens is 2. The third-order valence-corrected chi connectivity index (χ3v) is 5.70. The van der Waals surface area contributed by atoms with Gasteiger partial charge in [0.15, 0.2) is 0 Å². The molecule has 6 heteroatoms. The lowest BCUT2D eigenvalue weighted by Crippen LogP contribution is -2.41. The second-order valence-corrected chi connectivity index (χ2v) is 7.48. The molecule has 0 bridgehead atoms. The smallest absolute Gasteiger partial charge is 0.223 e. The molecule has 1 aromatic heterocycles. The number of nitrogens with zero attached hydrogens (tertiary/aromatic N) is 3. The summed E-state index contributed by atoms with van der Waals surface area (Å²) in [5, 5.41) is 3.08. The molecule has 0 unspecified atom stereocenters. The average Bonchev–Trinajstić information content (AvgIpc) is 3.16. The molecule has 0 aliphatic carbocycles. The molecule has 3 aromatic rings. The summed E-state index contributed by atoms with van der Waals surface area (Å²) in [5.41, 5.74) is 3.25. The maximum atomic E-state index is 12.7. The first-order chi connectivity index (χ1) is 14.2. The molecular formula is C23H28N4O2. The van der Waals surface area contributed by atoms with Crippen molar-refractivity contribution in [3.8, 4) is 5.75 Å². The quantitative estimate of drug-likeness (QED) is 0.696. The van der Waals surface area contributed by atoms with Crippen molar-refractivity contribution in [2.45, 2.75) is 32.9 Å². The van der Waals surface area contributed by atoms with Gasteiger partial charge < -0.3 is 19.5 Å². The number of amides is 1. The summed E-state index contributed by atoms with van der Waals surface area (Å²) in [6.45, 7) is 5.26. The van der Waals surface area contributed by atoms with E-state index in [0.717, 1.165) is 55.3 Å². The molecule has 29 heavy (non-hydrogen) atoms. The van der Waals surface area contributed by atoms with Gasteiger partial charge in [0.1, 0.15) is 5.75 Å². The fraction of sp³-hybridized carbons (Fsp3) is 0.391. The standard InChI is InChI=1S/C23H28N4O2/c1-3-27-21-10-5-4-9-20(21)25-23(27)26-13-11-18(12-14-26)22(28)24-16-17-7-6-8-19(15-17)29-2/h4-10,15,18H,3,11-14,16H2,1-2H3,(H,24,28). The van der Waals surface area contributed by atoms with Crippen LogP contribution in [0.2, 0.25) is 0 Å². The largest absolute Gasteiger partial charge is 0.497 e. The number of benzene rings is 2. The number of nitrogens with one attached hydrogen (secondary N) is 1. The van der Waals surface area contributed by atoms with Crippen LogP contribution >= 0.6 is 0 Å². The van der Waals surface area contributed by atoms with Crippen LogP contribution in [0.3, 0.4) is 0 Å². The van der Waals surface area contributed by atoms with Crippen LogP contribution in [0.25, 0.3) is 11.0 Å². The Morgan fingerprint density at radius 2 is 1.97 bits per heavy atom. The number of fused-ring (bicyclic) bond motifs is 1. The molecule has 1 saturated heterocycles. The Hall–Kier alpha value is -3.02. The SMILES string of the molecule is CCn1c(N2CCC(C(=O)NCc3cccc(OC)c3)CC2)nc2ccccc21. The zero-order valence-corrected chi connectivity index (χ0v) is 17.1. The van der Waals surface area contributed by atoms with E-state index in [0.29, 0.717) is 6.54 Å². The minimum Gasteiger partial charge on any atom is -0.497 e. The summed E-state index contributed by atoms with van der Waals surface area (Å²) in [4.78, 5) is 19.8. The Labute approximate surface area is 171 Å². The third-order valence-electron chi connectivity index (χ3n) is 5.70.